The van der Waals surface area contributed by atoms with Crippen molar-refractivity contribution >= 4 is 5.91 Å². The average Bonchev–Trinajstić information content (AvgIpc) is 2.78. The van der Waals surface area contributed by atoms with E-state index in [4.69, 9.17) is 4.74 Å². The number of hydrogen-bond acceptors (Lipinski definition) is 3. The van der Waals surface area contributed by atoms with Gasteiger partial charge in [-0.3, -0.25) is 4.79 Å². The van der Waals surface area contributed by atoms with E-state index >= 15 is 0 Å². The first kappa shape index (κ1) is 14.9. The standard InChI is InChI=1S/C16H24N2O2/c1-12(2)9-17-14-8-16(19)18(11-14)10-13-4-6-15(20-3)7-5-13/h4-7,12,14,17H,8-11H2,1-3H3. The van der Waals surface area contributed by atoms with Gasteiger partial charge in [0.2, 0.25) is 5.91 Å². The summed E-state index contributed by atoms with van der Waals surface area (Å²) in [6, 6.07) is 8.19. The predicted molar refractivity (Wildman–Crippen MR) is 79.7 cm³/mol. The van der Waals surface area contributed by atoms with Crippen LogP contribution in [0, 0.1) is 5.92 Å². The number of methoxy groups -OCH3 is 1. The van der Waals surface area contributed by atoms with Gasteiger partial charge < -0.3 is 15.0 Å². The van der Waals surface area contributed by atoms with E-state index in [1.807, 2.05) is 29.2 Å². The number of likely N-dealkylation sites (tertiary alicyclic amines) is 1. The lowest BCUT2D eigenvalue weighted by Crippen LogP contribution is -2.34. The van der Waals surface area contributed by atoms with Crippen molar-refractivity contribution in [3.63, 3.8) is 0 Å². The van der Waals surface area contributed by atoms with Crippen LogP contribution >= 0.6 is 0 Å². The molecule has 0 saturated carbocycles. The fourth-order valence-corrected chi connectivity index (χ4v) is 2.42. The Morgan fingerprint density at radius 2 is 2.05 bits per heavy atom. The van der Waals surface area contributed by atoms with Gasteiger partial charge in [0.1, 0.15) is 5.75 Å². The Morgan fingerprint density at radius 1 is 1.35 bits per heavy atom. The summed E-state index contributed by atoms with van der Waals surface area (Å²) in [7, 11) is 1.66. The molecule has 20 heavy (non-hydrogen) atoms. The van der Waals surface area contributed by atoms with Gasteiger partial charge in [-0.25, -0.2) is 0 Å². The molecule has 0 aromatic heterocycles. The SMILES string of the molecule is COc1ccc(CN2CC(NCC(C)C)CC2=O)cc1. The molecule has 0 spiro atoms. The predicted octanol–water partition coefficient (Wildman–Crippen LogP) is 2.04. The van der Waals surface area contributed by atoms with Gasteiger partial charge in [-0.05, 0) is 30.2 Å². The van der Waals surface area contributed by atoms with Crippen LogP contribution in [0.2, 0.25) is 0 Å². The van der Waals surface area contributed by atoms with Gasteiger partial charge in [0, 0.05) is 25.6 Å². The highest BCUT2D eigenvalue weighted by atomic mass is 16.5. The highest BCUT2D eigenvalue weighted by Gasteiger charge is 2.29. The van der Waals surface area contributed by atoms with Crippen molar-refractivity contribution in [2.45, 2.75) is 32.9 Å². The molecule has 0 radical (unpaired) electrons. The van der Waals surface area contributed by atoms with Crippen LogP contribution in [0.3, 0.4) is 0 Å². The summed E-state index contributed by atoms with van der Waals surface area (Å²) in [6.45, 7) is 6.81. The molecule has 1 aliphatic heterocycles. The molecular weight excluding hydrogens is 252 g/mol. The maximum Gasteiger partial charge on any atom is 0.224 e. The fraction of sp³-hybridized carbons (Fsp3) is 0.562. The molecule has 0 bridgehead atoms. The lowest BCUT2D eigenvalue weighted by Gasteiger charge is -2.18. The number of carbonyl (C=O) groups is 1. The Labute approximate surface area is 121 Å². The Bertz CT molecular complexity index is 442. The van der Waals surface area contributed by atoms with Crippen LogP contribution in [0.5, 0.6) is 5.75 Å². The maximum absolute atomic E-state index is 12.0. The fourth-order valence-electron chi connectivity index (χ4n) is 2.42. The highest BCUT2D eigenvalue weighted by molar-refractivity contribution is 5.79. The molecule has 1 aromatic rings. The minimum Gasteiger partial charge on any atom is -0.497 e. The summed E-state index contributed by atoms with van der Waals surface area (Å²) in [5.41, 5.74) is 1.14. The zero-order valence-corrected chi connectivity index (χ0v) is 12.6. The number of amides is 1. The summed E-state index contributed by atoms with van der Waals surface area (Å²) < 4.78 is 5.14. The minimum absolute atomic E-state index is 0.238. The molecule has 1 fully saturated rings. The second kappa shape index (κ2) is 6.75. The third-order valence-electron chi connectivity index (χ3n) is 3.56. The first-order chi connectivity index (χ1) is 9.58. The minimum atomic E-state index is 0.238. The monoisotopic (exact) mass is 276 g/mol. The zero-order chi connectivity index (χ0) is 14.5. The lowest BCUT2D eigenvalue weighted by atomic mass is 10.2. The number of benzene rings is 1. The van der Waals surface area contributed by atoms with Crippen molar-refractivity contribution in [2.24, 2.45) is 5.92 Å². The molecular formula is C16H24N2O2. The smallest absolute Gasteiger partial charge is 0.224 e. The van der Waals surface area contributed by atoms with Gasteiger partial charge in [0.25, 0.3) is 0 Å². The molecule has 0 aliphatic carbocycles. The number of nitrogens with one attached hydrogen (secondary N) is 1. The Balaban J connectivity index is 1.87. The molecule has 1 amide bonds. The summed E-state index contributed by atoms with van der Waals surface area (Å²) >= 11 is 0. The quantitative estimate of drug-likeness (QED) is 0.864. The van der Waals surface area contributed by atoms with Crippen LogP contribution < -0.4 is 10.1 Å². The number of hydrogen-bond donors (Lipinski definition) is 1. The average molecular weight is 276 g/mol. The van der Waals surface area contributed by atoms with Crippen LogP contribution in [-0.2, 0) is 11.3 Å². The molecule has 110 valence electrons. The van der Waals surface area contributed by atoms with E-state index in [2.05, 4.69) is 19.2 Å². The van der Waals surface area contributed by atoms with Crippen LogP contribution in [-0.4, -0.2) is 37.0 Å². The number of carbonyl (C=O) groups excluding carboxylic acids is 1. The Hall–Kier alpha value is -1.55. The van der Waals surface area contributed by atoms with Crippen molar-refractivity contribution in [1.82, 2.24) is 10.2 Å². The zero-order valence-electron chi connectivity index (χ0n) is 12.6. The maximum atomic E-state index is 12.0. The van der Waals surface area contributed by atoms with E-state index in [1.54, 1.807) is 7.11 Å². The molecule has 1 unspecified atom stereocenters. The molecule has 1 N–H and O–H groups in total. The molecule has 2 rings (SSSR count). The number of nitrogens with zero attached hydrogens (tertiary/aromatic N) is 1. The van der Waals surface area contributed by atoms with Crippen molar-refractivity contribution in [3.8, 4) is 5.75 Å². The van der Waals surface area contributed by atoms with Crippen LogP contribution in [0.15, 0.2) is 24.3 Å². The van der Waals surface area contributed by atoms with E-state index < -0.39 is 0 Å². The molecule has 1 aromatic carbocycles. The van der Waals surface area contributed by atoms with Crippen molar-refractivity contribution in [1.29, 1.82) is 0 Å². The van der Waals surface area contributed by atoms with Gasteiger partial charge >= 0.3 is 0 Å². The molecule has 1 atom stereocenters. The molecule has 4 heteroatoms. The van der Waals surface area contributed by atoms with Gasteiger partial charge in [-0.1, -0.05) is 26.0 Å². The lowest BCUT2D eigenvalue weighted by molar-refractivity contribution is -0.128. The van der Waals surface area contributed by atoms with Gasteiger partial charge in [-0.15, -0.1) is 0 Å². The molecule has 1 saturated heterocycles. The van der Waals surface area contributed by atoms with E-state index in [-0.39, 0.29) is 5.91 Å². The van der Waals surface area contributed by atoms with Crippen molar-refractivity contribution < 1.29 is 9.53 Å². The normalized spacial score (nSPS) is 18.9. The summed E-state index contributed by atoms with van der Waals surface area (Å²) in [5, 5.41) is 3.46. The van der Waals surface area contributed by atoms with E-state index in [0.717, 1.165) is 24.4 Å². The summed E-state index contributed by atoms with van der Waals surface area (Å²) in [5.74, 6) is 1.70. The van der Waals surface area contributed by atoms with Crippen LogP contribution in [0.4, 0.5) is 0 Å². The highest BCUT2D eigenvalue weighted by Crippen LogP contribution is 2.17. The molecule has 1 aliphatic rings. The van der Waals surface area contributed by atoms with Crippen molar-refractivity contribution in [2.75, 3.05) is 20.2 Å². The van der Waals surface area contributed by atoms with Crippen LogP contribution in [0.25, 0.3) is 0 Å². The third kappa shape index (κ3) is 3.97. The van der Waals surface area contributed by atoms with Crippen LogP contribution in [0.1, 0.15) is 25.8 Å². The number of rotatable bonds is 6. The Morgan fingerprint density at radius 3 is 2.65 bits per heavy atom. The molecule has 4 nitrogen and oxygen atoms in total. The van der Waals surface area contributed by atoms with Gasteiger partial charge in [0.05, 0.1) is 7.11 Å². The second-order valence-electron chi connectivity index (χ2n) is 5.83. The Kier molecular flexibility index (Phi) is 5.01. The number of ether oxygens (including phenoxy) is 1. The second-order valence-corrected chi connectivity index (χ2v) is 5.83. The van der Waals surface area contributed by atoms with Gasteiger partial charge in [-0.2, -0.15) is 0 Å². The van der Waals surface area contributed by atoms with E-state index in [1.165, 1.54) is 0 Å². The van der Waals surface area contributed by atoms with Crippen molar-refractivity contribution in [3.05, 3.63) is 29.8 Å². The summed E-state index contributed by atoms with van der Waals surface area (Å²) in [4.78, 5) is 13.9. The van der Waals surface area contributed by atoms with Gasteiger partial charge in [0.15, 0.2) is 0 Å². The summed E-state index contributed by atoms with van der Waals surface area (Å²) in [6.07, 6.45) is 0.614. The largest absolute Gasteiger partial charge is 0.497 e. The molecule has 1 heterocycles. The topological polar surface area (TPSA) is 41.6 Å². The first-order valence-electron chi connectivity index (χ1n) is 7.22. The third-order valence-corrected chi connectivity index (χ3v) is 3.56. The first-order valence-corrected chi connectivity index (χ1v) is 7.22. The van der Waals surface area contributed by atoms with E-state index in [0.29, 0.717) is 24.9 Å². The van der Waals surface area contributed by atoms with E-state index in [9.17, 15) is 4.79 Å².